The maximum atomic E-state index is 11.2. The number of likely N-dealkylation sites (N-methyl/N-ethyl adjacent to an activating group) is 2. The van der Waals surface area contributed by atoms with Crippen molar-refractivity contribution in [1.29, 1.82) is 0 Å². The average Bonchev–Trinajstić information content (AvgIpc) is 2.30. The fourth-order valence-electron chi connectivity index (χ4n) is 1.32. The predicted molar refractivity (Wildman–Crippen MR) is 39.7 cm³/mol. The van der Waals surface area contributed by atoms with Gasteiger partial charge in [-0.3, -0.25) is 4.79 Å². The van der Waals surface area contributed by atoms with Crippen LogP contribution in [-0.4, -0.2) is 37.0 Å². The van der Waals surface area contributed by atoms with Gasteiger partial charge >= 0.3 is 0 Å². The summed E-state index contributed by atoms with van der Waals surface area (Å²) in [6.45, 7) is 3.77. The zero-order chi connectivity index (χ0) is 7.56. The van der Waals surface area contributed by atoms with Crippen LogP contribution in [0.15, 0.2) is 0 Å². The molecular formula is C7H14N2O. The highest BCUT2D eigenvalue weighted by atomic mass is 16.2. The summed E-state index contributed by atoms with van der Waals surface area (Å²) >= 11 is 0. The van der Waals surface area contributed by atoms with Crippen molar-refractivity contribution in [1.82, 2.24) is 10.2 Å². The highest BCUT2D eigenvalue weighted by Gasteiger charge is 2.28. The molecule has 1 heterocycles. The summed E-state index contributed by atoms with van der Waals surface area (Å²) in [5, 5.41) is 2.99. The van der Waals surface area contributed by atoms with Crippen LogP contribution in [0.1, 0.15) is 13.3 Å². The summed E-state index contributed by atoms with van der Waals surface area (Å²) in [7, 11) is 1.84. The van der Waals surface area contributed by atoms with E-state index in [4.69, 9.17) is 0 Å². The van der Waals surface area contributed by atoms with Crippen molar-refractivity contribution in [2.24, 2.45) is 0 Å². The van der Waals surface area contributed by atoms with Gasteiger partial charge < -0.3 is 10.2 Å². The third kappa shape index (κ3) is 1.14. The Morgan fingerprint density at radius 1 is 1.80 bits per heavy atom. The molecular weight excluding hydrogens is 128 g/mol. The second kappa shape index (κ2) is 3.01. The second-order valence-corrected chi connectivity index (χ2v) is 2.55. The topological polar surface area (TPSA) is 32.3 Å². The van der Waals surface area contributed by atoms with Gasteiger partial charge in [-0.1, -0.05) is 0 Å². The van der Waals surface area contributed by atoms with E-state index in [-0.39, 0.29) is 11.9 Å². The van der Waals surface area contributed by atoms with Crippen LogP contribution in [0.4, 0.5) is 0 Å². The lowest BCUT2D eigenvalue weighted by molar-refractivity contribution is -0.129. The first-order valence-corrected chi connectivity index (χ1v) is 3.75. The van der Waals surface area contributed by atoms with Crippen molar-refractivity contribution in [3.05, 3.63) is 0 Å². The lowest BCUT2D eigenvalue weighted by atomic mass is 10.3. The van der Waals surface area contributed by atoms with Gasteiger partial charge in [0.25, 0.3) is 0 Å². The number of amides is 1. The van der Waals surface area contributed by atoms with Gasteiger partial charge in [0.1, 0.15) is 0 Å². The summed E-state index contributed by atoms with van der Waals surface area (Å²) < 4.78 is 0. The average molecular weight is 142 g/mol. The molecule has 0 spiro atoms. The van der Waals surface area contributed by atoms with Crippen LogP contribution in [0.25, 0.3) is 0 Å². The Hall–Kier alpha value is -0.570. The summed E-state index contributed by atoms with van der Waals surface area (Å²) in [5.74, 6) is 0.255. The molecule has 1 saturated heterocycles. The summed E-state index contributed by atoms with van der Waals surface area (Å²) in [6.07, 6.45) is 0.961. The lowest BCUT2D eigenvalue weighted by Crippen LogP contribution is -2.36. The normalized spacial score (nSPS) is 26.0. The number of nitrogens with zero attached hydrogens (tertiary/aromatic N) is 1. The molecule has 1 fully saturated rings. The molecule has 1 atom stereocenters. The molecule has 0 aromatic carbocycles. The minimum atomic E-state index is 0.0833. The summed E-state index contributed by atoms with van der Waals surface area (Å²) in [6, 6.07) is 0.0833. The van der Waals surface area contributed by atoms with E-state index >= 15 is 0 Å². The summed E-state index contributed by atoms with van der Waals surface area (Å²) in [5.41, 5.74) is 0. The molecule has 10 heavy (non-hydrogen) atoms. The Kier molecular flexibility index (Phi) is 2.27. The number of likely N-dealkylation sites (tertiary alicyclic amines) is 1. The predicted octanol–water partition coefficient (Wildman–Crippen LogP) is -0.173. The van der Waals surface area contributed by atoms with Crippen LogP contribution in [0, 0.1) is 0 Å². The van der Waals surface area contributed by atoms with Gasteiger partial charge in [0.2, 0.25) is 5.91 Å². The Labute approximate surface area is 61.4 Å². The van der Waals surface area contributed by atoms with Crippen LogP contribution in [0.5, 0.6) is 0 Å². The third-order valence-corrected chi connectivity index (χ3v) is 2.03. The Bertz CT molecular complexity index is 122. The van der Waals surface area contributed by atoms with E-state index in [9.17, 15) is 4.79 Å². The molecule has 1 N–H and O–H groups in total. The van der Waals surface area contributed by atoms with Crippen LogP contribution in [0.3, 0.4) is 0 Å². The van der Waals surface area contributed by atoms with Crippen molar-refractivity contribution in [3.8, 4) is 0 Å². The van der Waals surface area contributed by atoms with Crippen LogP contribution >= 0.6 is 0 Å². The van der Waals surface area contributed by atoms with Crippen molar-refractivity contribution < 1.29 is 4.79 Å². The number of carbonyl (C=O) groups is 1. The molecule has 0 aromatic heterocycles. The molecule has 58 valence electrons. The number of carbonyl (C=O) groups excluding carboxylic acids is 1. The highest BCUT2D eigenvalue weighted by molar-refractivity contribution is 5.83. The van der Waals surface area contributed by atoms with E-state index in [1.54, 1.807) is 0 Å². The molecule has 0 unspecified atom stereocenters. The van der Waals surface area contributed by atoms with Gasteiger partial charge in [-0.2, -0.15) is 0 Å². The summed E-state index contributed by atoms with van der Waals surface area (Å²) in [4.78, 5) is 13.1. The van der Waals surface area contributed by atoms with Gasteiger partial charge in [0, 0.05) is 13.1 Å². The SMILES string of the molecule is CCN1CC[C@@H](NC)C1=O. The zero-order valence-electron chi connectivity index (χ0n) is 6.55. The quantitative estimate of drug-likeness (QED) is 0.580. The molecule has 1 aliphatic rings. The van der Waals surface area contributed by atoms with E-state index < -0.39 is 0 Å². The van der Waals surface area contributed by atoms with E-state index in [0.717, 1.165) is 19.5 Å². The first kappa shape index (κ1) is 7.54. The fourth-order valence-corrected chi connectivity index (χ4v) is 1.32. The molecule has 0 aliphatic carbocycles. The van der Waals surface area contributed by atoms with Gasteiger partial charge in [-0.15, -0.1) is 0 Å². The molecule has 0 saturated carbocycles. The fraction of sp³-hybridized carbons (Fsp3) is 0.857. The minimum Gasteiger partial charge on any atom is -0.342 e. The maximum Gasteiger partial charge on any atom is 0.239 e. The van der Waals surface area contributed by atoms with E-state index in [2.05, 4.69) is 5.32 Å². The monoisotopic (exact) mass is 142 g/mol. The maximum absolute atomic E-state index is 11.2. The van der Waals surface area contributed by atoms with Gasteiger partial charge in [0.05, 0.1) is 6.04 Å². The number of nitrogens with one attached hydrogen (secondary N) is 1. The van der Waals surface area contributed by atoms with E-state index in [0.29, 0.717) is 0 Å². The Balaban J connectivity index is 2.49. The largest absolute Gasteiger partial charge is 0.342 e. The van der Waals surface area contributed by atoms with Crippen LogP contribution < -0.4 is 5.32 Å². The number of hydrogen-bond donors (Lipinski definition) is 1. The Morgan fingerprint density at radius 3 is 2.80 bits per heavy atom. The molecule has 0 radical (unpaired) electrons. The molecule has 0 aromatic rings. The standard InChI is InChI=1S/C7H14N2O/c1-3-9-5-4-6(8-2)7(9)10/h6,8H,3-5H2,1-2H3/t6-/m1/s1. The highest BCUT2D eigenvalue weighted by Crippen LogP contribution is 2.09. The van der Waals surface area contributed by atoms with Crippen molar-refractivity contribution in [2.75, 3.05) is 20.1 Å². The molecule has 0 bridgehead atoms. The number of rotatable bonds is 2. The van der Waals surface area contributed by atoms with Gasteiger partial charge in [-0.05, 0) is 20.4 Å². The minimum absolute atomic E-state index is 0.0833. The van der Waals surface area contributed by atoms with E-state index in [1.807, 2.05) is 18.9 Å². The van der Waals surface area contributed by atoms with Crippen molar-refractivity contribution >= 4 is 5.91 Å². The zero-order valence-corrected chi connectivity index (χ0v) is 6.55. The van der Waals surface area contributed by atoms with Gasteiger partial charge in [0.15, 0.2) is 0 Å². The molecule has 3 nitrogen and oxygen atoms in total. The number of hydrogen-bond acceptors (Lipinski definition) is 2. The lowest BCUT2D eigenvalue weighted by Gasteiger charge is -2.12. The molecule has 1 rings (SSSR count). The Morgan fingerprint density at radius 2 is 2.50 bits per heavy atom. The smallest absolute Gasteiger partial charge is 0.239 e. The van der Waals surface area contributed by atoms with Gasteiger partial charge in [-0.25, -0.2) is 0 Å². The first-order chi connectivity index (χ1) is 4.79. The van der Waals surface area contributed by atoms with Crippen LogP contribution in [-0.2, 0) is 4.79 Å². The van der Waals surface area contributed by atoms with Crippen LogP contribution in [0.2, 0.25) is 0 Å². The van der Waals surface area contributed by atoms with Crippen molar-refractivity contribution in [2.45, 2.75) is 19.4 Å². The first-order valence-electron chi connectivity index (χ1n) is 3.75. The second-order valence-electron chi connectivity index (χ2n) is 2.55. The molecule has 1 aliphatic heterocycles. The van der Waals surface area contributed by atoms with Crippen molar-refractivity contribution in [3.63, 3.8) is 0 Å². The third-order valence-electron chi connectivity index (χ3n) is 2.03. The van der Waals surface area contributed by atoms with E-state index in [1.165, 1.54) is 0 Å². The molecule has 3 heteroatoms. The molecule has 1 amide bonds.